The number of hydrogen-bond donors (Lipinski definition) is 1. The van der Waals surface area contributed by atoms with Crippen LogP contribution in [0.3, 0.4) is 0 Å². The minimum absolute atomic E-state index is 0.0687. The molecule has 1 unspecified atom stereocenters. The van der Waals surface area contributed by atoms with E-state index in [1.807, 2.05) is 14.0 Å². The van der Waals surface area contributed by atoms with Crippen molar-refractivity contribution in [3.8, 4) is 0 Å². The van der Waals surface area contributed by atoms with Crippen molar-refractivity contribution in [1.29, 1.82) is 0 Å². The van der Waals surface area contributed by atoms with E-state index in [1.165, 1.54) is 10.5 Å². The van der Waals surface area contributed by atoms with Gasteiger partial charge in [-0.15, -0.1) is 11.8 Å². The van der Waals surface area contributed by atoms with Crippen LogP contribution < -0.4 is 5.73 Å². The molecule has 0 spiro atoms. The molecule has 0 aliphatic rings. The van der Waals surface area contributed by atoms with Crippen LogP contribution in [-0.2, 0) is 11.2 Å². The molecule has 4 heteroatoms. The van der Waals surface area contributed by atoms with E-state index in [1.54, 1.807) is 16.7 Å². The molecule has 0 radical (unpaired) electrons. The van der Waals surface area contributed by atoms with Gasteiger partial charge in [-0.3, -0.25) is 4.79 Å². The lowest BCUT2D eigenvalue weighted by Gasteiger charge is -2.18. The Labute approximate surface area is 114 Å². The van der Waals surface area contributed by atoms with Crippen molar-refractivity contribution in [2.24, 2.45) is 5.73 Å². The number of thioether (sulfide) groups is 1. The number of nitrogens with two attached hydrogens (primary N) is 1. The third kappa shape index (κ3) is 5.10. The Hall–Kier alpha value is -1.00. The third-order valence-corrected chi connectivity index (χ3v) is 3.56. The van der Waals surface area contributed by atoms with Crippen molar-refractivity contribution in [3.63, 3.8) is 0 Å². The molecule has 0 aliphatic heterocycles. The average molecular weight is 266 g/mol. The molecule has 1 aromatic rings. The van der Waals surface area contributed by atoms with Gasteiger partial charge in [0.15, 0.2) is 0 Å². The Kier molecular flexibility index (Phi) is 6.22. The van der Waals surface area contributed by atoms with Crippen molar-refractivity contribution in [1.82, 2.24) is 4.90 Å². The Balaban J connectivity index is 2.41. The van der Waals surface area contributed by atoms with Crippen molar-refractivity contribution >= 4 is 17.7 Å². The second-order valence-corrected chi connectivity index (χ2v) is 5.47. The Morgan fingerprint density at radius 2 is 2.00 bits per heavy atom. The van der Waals surface area contributed by atoms with Gasteiger partial charge in [0.05, 0.1) is 0 Å². The summed E-state index contributed by atoms with van der Waals surface area (Å²) in [6.45, 7) is 2.59. The molecule has 0 aromatic heterocycles. The fourth-order valence-corrected chi connectivity index (χ4v) is 2.05. The molecule has 1 atom stereocenters. The number of amides is 1. The lowest BCUT2D eigenvalue weighted by atomic mass is 10.1. The molecule has 0 saturated heterocycles. The van der Waals surface area contributed by atoms with E-state index < -0.39 is 0 Å². The Morgan fingerprint density at radius 3 is 2.50 bits per heavy atom. The standard InChI is InChI=1S/C14H22N2OS/c1-11(15)10-14(17)16(2)9-8-12-4-6-13(18-3)7-5-12/h4-7,11H,8-10,15H2,1-3H3. The summed E-state index contributed by atoms with van der Waals surface area (Å²) in [5.74, 6) is 0.116. The summed E-state index contributed by atoms with van der Waals surface area (Å²) in [5, 5.41) is 0. The van der Waals surface area contributed by atoms with Crippen LogP contribution in [0.4, 0.5) is 0 Å². The fraction of sp³-hybridized carbons (Fsp3) is 0.500. The predicted molar refractivity (Wildman–Crippen MR) is 77.8 cm³/mol. The van der Waals surface area contributed by atoms with Crippen molar-refractivity contribution in [2.75, 3.05) is 19.8 Å². The first-order chi connectivity index (χ1) is 8.52. The number of benzene rings is 1. The first kappa shape index (κ1) is 15.1. The van der Waals surface area contributed by atoms with Crippen LogP contribution in [0.2, 0.25) is 0 Å². The van der Waals surface area contributed by atoms with E-state index in [2.05, 4.69) is 30.5 Å². The summed E-state index contributed by atoms with van der Waals surface area (Å²) in [6.07, 6.45) is 3.37. The molecule has 0 saturated carbocycles. The molecular formula is C14H22N2OS. The zero-order valence-corrected chi connectivity index (χ0v) is 12.2. The van der Waals surface area contributed by atoms with Crippen LogP contribution in [0.25, 0.3) is 0 Å². The molecule has 18 heavy (non-hydrogen) atoms. The molecule has 0 aliphatic carbocycles. The number of nitrogens with zero attached hydrogens (tertiary/aromatic N) is 1. The quantitative estimate of drug-likeness (QED) is 0.803. The number of likely N-dealkylation sites (N-methyl/N-ethyl adjacent to an activating group) is 1. The van der Waals surface area contributed by atoms with Gasteiger partial charge in [-0.2, -0.15) is 0 Å². The van der Waals surface area contributed by atoms with E-state index >= 15 is 0 Å². The molecule has 2 N–H and O–H groups in total. The lowest BCUT2D eigenvalue weighted by molar-refractivity contribution is -0.130. The molecule has 0 heterocycles. The second kappa shape index (κ2) is 7.44. The fourth-order valence-electron chi connectivity index (χ4n) is 1.64. The summed E-state index contributed by atoms with van der Waals surface area (Å²) < 4.78 is 0. The maximum Gasteiger partial charge on any atom is 0.223 e. The van der Waals surface area contributed by atoms with E-state index in [4.69, 9.17) is 5.73 Å². The van der Waals surface area contributed by atoms with Crippen LogP contribution in [0.1, 0.15) is 18.9 Å². The Bertz CT molecular complexity index is 376. The van der Waals surface area contributed by atoms with Gasteiger partial charge >= 0.3 is 0 Å². The van der Waals surface area contributed by atoms with Gasteiger partial charge in [0.2, 0.25) is 5.91 Å². The predicted octanol–water partition coefficient (Wildman–Crippen LogP) is 2.15. The first-order valence-electron chi connectivity index (χ1n) is 6.15. The molecule has 0 fully saturated rings. The minimum atomic E-state index is -0.0687. The highest BCUT2D eigenvalue weighted by Crippen LogP contribution is 2.15. The third-order valence-electron chi connectivity index (χ3n) is 2.82. The van der Waals surface area contributed by atoms with Crippen LogP contribution in [-0.4, -0.2) is 36.7 Å². The molecule has 1 amide bonds. The zero-order chi connectivity index (χ0) is 13.5. The van der Waals surface area contributed by atoms with Gasteiger partial charge < -0.3 is 10.6 Å². The molecule has 3 nitrogen and oxygen atoms in total. The Morgan fingerprint density at radius 1 is 1.39 bits per heavy atom. The highest BCUT2D eigenvalue weighted by molar-refractivity contribution is 7.98. The van der Waals surface area contributed by atoms with Crippen LogP contribution >= 0.6 is 11.8 Å². The van der Waals surface area contributed by atoms with Gasteiger partial charge in [0.1, 0.15) is 0 Å². The maximum atomic E-state index is 11.7. The SMILES string of the molecule is CSc1ccc(CCN(C)C(=O)CC(C)N)cc1. The number of carbonyl (C=O) groups excluding carboxylic acids is 1. The topological polar surface area (TPSA) is 46.3 Å². The molecule has 100 valence electrons. The number of carbonyl (C=O) groups is 1. The second-order valence-electron chi connectivity index (χ2n) is 4.59. The average Bonchev–Trinajstić information content (AvgIpc) is 2.35. The molecule has 0 bridgehead atoms. The van der Waals surface area contributed by atoms with Crippen molar-refractivity contribution in [2.45, 2.75) is 30.7 Å². The summed E-state index contributed by atoms with van der Waals surface area (Å²) in [4.78, 5) is 14.7. The van der Waals surface area contributed by atoms with E-state index in [0.29, 0.717) is 6.42 Å². The molecule has 1 rings (SSSR count). The van der Waals surface area contributed by atoms with Gasteiger partial charge in [-0.1, -0.05) is 12.1 Å². The van der Waals surface area contributed by atoms with Crippen LogP contribution in [0.15, 0.2) is 29.2 Å². The molecule has 1 aromatic carbocycles. The highest BCUT2D eigenvalue weighted by Gasteiger charge is 2.10. The van der Waals surface area contributed by atoms with E-state index in [9.17, 15) is 4.79 Å². The number of rotatable bonds is 6. The number of hydrogen-bond acceptors (Lipinski definition) is 3. The largest absolute Gasteiger partial charge is 0.345 e. The van der Waals surface area contributed by atoms with Gasteiger partial charge in [0, 0.05) is 31.0 Å². The van der Waals surface area contributed by atoms with E-state index in [0.717, 1.165) is 13.0 Å². The summed E-state index contributed by atoms with van der Waals surface area (Å²) in [7, 11) is 1.83. The summed E-state index contributed by atoms with van der Waals surface area (Å²) >= 11 is 1.74. The monoisotopic (exact) mass is 266 g/mol. The minimum Gasteiger partial charge on any atom is -0.345 e. The molecular weight excluding hydrogens is 244 g/mol. The van der Waals surface area contributed by atoms with Crippen molar-refractivity contribution in [3.05, 3.63) is 29.8 Å². The lowest BCUT2D eigenvalue weighted by Crippen LogP contribution is -2.33. The smallest absolute Gasteiger partial charge is 0.223 e. The van der Waals surface area contributed by atoms with Gasteiger partial charge in [-0.25, -0.2) is 0 Å². The normalized spacial score (nSPS) is 12.2. The maximum absolute atomic E-state index is 11.7. The van der Waals surface area contributed by atoms with Gasteiger partial charge in [0.25, 0.3) is 0 Å². The summed E-state index contributed by atoms with van der Waals surface area (Å²) in [6, 6.07) is 8.40. The van der Waals surface area contributed by atoms with Gasteiger partial charge in [-0.05, 0) is 37.3 Å². The summed E-state index contributed by atoms with van der Waals surface area (Å²) in [5.41, 5.74) is 6.88. The first-order valence-corrected chi connectivity index (χ1v) is 7.38. The van der Waals surface area contributed by atoms with E-state index in [-0.39, 0.29) is 11.9 Å². The zero-order valence-electron chi connectivity index (χ0n) is 11.3. The van der Waals surface area contributed by atoms with Crippen LogP contribution in [0, 0.1) is 0 Å². The highest BCUT2D eigenvalue weighted by atomic mass is 32.2. The van der Waals surface area contributed by atoms with Crippen molar-refractivity contribution < 1.29 is 4.79 Å². The van der Waals surface area contributed by atoms with Crippen LogP contribution in [0.5, 0.6) is 0 Å².